The van der Waals surface area contributed by atoms with Gasteiger partial charge >= 0.3 is 0 Å². The van der Waals surface area contributed by atoms with Crippen molar-refractivity contribution in [2.45, 2.75) is 23.4 Å². The van der Waals surface area contributed by atoms with Gasteiger partial charge in [0.25, 0.3) is 5.91 Å². The first-order valence-corrected chi connectivity index (χ1v) is 12.0. The first-order valence-electron chi connectivity index (χ1n) is 9.35. The van der Waals surface area contributed by atoms with E-state index in [1.54, 1.807) is 36.4 Å². The maximum absolute atomic E-state index is 13.3. The van der Waals surface area contributed by atoms with E-state index in [2.05, 4.69) is 10.3 Å². The Balaban J connectivity index is 1.63. The molecule has 0 aliphatic heterocycles. The van der Waals surface area contributed by atoms with Crippen molar-refractivity contribution < 1.29 is 22.0 Å². The number of sulfone groups is 1. The van der Waals surface area contributed by atoms with Crippen LogP contribution in [0.5, 0.6) is 0 Å². The number of carbonyl (C=O) groups excluding carboxylic acids is 1. The fourth-order valence-electron chi connectivity index (χ4n) is 2.78. The topological polar surface area (TPSA) is 76.1 Å². The smallest absolute Gasteiger partial charge is 0.254 e. The highest BCUT2D eigenvalue weighted by molar-refractivity contribution is 8.00. The van der Waals surface area contributed by atoms with E-state index in [0.717, 1.165) is 35.5 Å². The molecule has 0 aliphatic carbocycles. The summed E-state index contributed by atoms with van der Waals surface area (Å²) in [4.78, 5) is 17.0. The van der Waals surface area contributed by atoms with E-state index in [-0.39, 0.29) is 34.1 Å². The molecule has 3 rings (SSSR count). The number of amides is 1. The van der Waals surface area contributed by atoms with E-state index in [0.29, 0.717) is 5.03 Å². The molecule has 0 spiro atoms. The lowest BCUT2D eigenvalue weighted by Crippen LogP contribution is -2.24. The fourth-order valence-corrected chi connectivity index (χ4v) is 5.42. The van der Waals surface area contributed by atoms with E-state index in [1.165, 1.54) is 6.20 Å². The lowest BCUT2D eigenvalue weighted by Gasteiger charge is -2.10. The minimum Gasteiger partial charge on any atom is -0.348 e. The van der Waals surface area contributed by atoms with E-state index in [4.69, 9.17) is 0 Å². The average Bonchev–Trinajstić information content (AvgIpc) is 2.72. The fraction of sp³-hybridized carbons (Fsp3) is 0.182. The number of aryl methyl sites for hydroxylation is 1. The van der Waals surface area contributed by atoms with Crippen molar-refractivity contribution in [1.29, 1.82) is 0 Å². The lowest BCUT2D eigenvalue weighted by molar-refractivity contribution is 0.0947. The standard InChI is InChI=1S/C22H20F2N2O3S2/c1-15-4-6-19(7-5-15)31(28,29)10-9-30-22-20(3-2-8-25-22)21(27)26-14-16-11-17(23)13-18(24)12-16/h2-8,11-13H,9-10,14H2,1H3,(H,26,27). The van der Waals surface area contributed by atoms with Gasteiger partial charge in [-0.1, -0.05) is 17.7 Å². The van der Waals surface area contributed by atoms with Crippen LogP contribution in [0.3, 0.4) is 0 Å². The lowest BCUT2D eigenvalue weighted by atomic mass is 10.2. The molecule has 0 bridgehead atoms. The Morgan fingerprint density at radius 2 is 1.74 bits per heavy atom. The molecule has 1 amide bonds. The van der Waals surface area contributed by atoms with E-state index in [9.17, 15) is 22.0 Å². The summed E-state index contributed by atoms with van der Waals surface area (Å²) in [6.07, 6.45) is 1.51. The molecule has 5 nitrogen and oxygen atoms in total. The molecule has 0 aliphatic rings. The van der Waals surface area contributed by atoms with Gasteiger partial charge in [0.15, 0.2) is 9.84 Å². The van der Waals surface area contributed by atoms with Crippen molar-refractivity contribution in [3.63, 3.8) is 0 Å². The zero-order valence-electron chi connectivity index (χ0n) is 16.6. The van der Waals surface area contributed by atoms with Gasteiger partial charge in [-0.15, -0.1) is 11.8 Å². The van der Waals surface area contributed by atoms with Crippen LogP contribution in [-0.4, -0.2) is 30.8 Å². The summed E-state index contributed by atoms with van der Waals surface area (Å²) < 4.78 is 51.6. The number of hydrogen-bond acceptors (Lipinski definition) is 5. The van der Waals surface area contributed by atoms with Crippen molar-refractivity contribution in [3.05, 3.63) is 89.1 Å². The predicted molar refractivity (Wildman–Crippen MR) is 116 cm³/mol. The zero-order valence-corrected chi connectivity index (χ0v) is 18.3. The molecule has 1 N–H and O–H groups in total. The summed E-state index contributed by atoms with van der Waals surface area (Å²) in [5, 5.41) is 2.98. The van der Waals surface area contributed by atoms with Crippen molar-refractivity contribution in [1.82, 2.24) is 10.3 Å². The van der Waals surface area contributed by atoms with Gasteiger partial charge in [-0.25, -0.2) is 22.2 Å². The summed E-state index contributed by atoms with van der Waals surface area (Å²) in [5.74, 6) is -1.82. The number of benzene rings is 2. The third-order valence-corrected chi connectivity index (χ3v) is 7.36. The van der Waals surface area contributed by atoms with Crippen LogP contribution in [-0.2, 0) is 16.4 Å². The number of hydrogen-bond donors (Lipinski definition) is 1. The second-order valence-electron chi connectivity index (χ2n) is 6.80. The number of carbonyl (C=O) groups is 1. The molecule has 0 saturated heterocycles. The average molecular weight is 463 g/mol. The van der Waals surface area contributed by atoms with Crippen LogP contribution in [0.2, 0.25) is 0 Å². The summed E-state index contributed by atoms with van der Waals surface area (Å²) in [7, 11) is -3.45. The van der Waals surface area contributed by atoms with Crippen molar-refractivity contribution in [2.24, 2.45) is 0 Å². The van der Waals surface area contributed by atoms with Gasteiger partial charge in [0.05, 0.1) is 16.2 Å². The first kappa shape index (κ1) is 22.9. The molecule has 1 heterocycles. The molecule has 0 radical (unpaired) electrons. The van der Waals surface area contributed by atoms with Crippen LogP contribution in [0.15, 0.2) is 70.7 Å². The number of nitrogens with zero attached hydrogens (tertiary/aromatic N) is 1. The van der Waals surface area contributed by atoms with E-state index < -0.39 is 27.4 Å². The van der Waals surface area contributed by atoms with Gasteiger partial charge in [-0.05, 0) is 48.9 Å². The summed E-state index contributed by atoms with van der Waals surface area (Å²) in [6.45, 7) is 1.82. The monoisotopic (exact) mass is 462 g/mol. The molecule has 9 heteroatoms. The Labute approximate surface area is 183 Å². The number of nitrogens with one attached hydrogen (secondary N) is 1. The van der Waals surface area contributed by atoms with Crippen LogP contribution in [0.25, 0.3) is 0 Å². The van der Waals surface area contributed by atoms with Crippen LogP contribution >= 0.6 is 11.8 Å². The Morgan fingerprint density at radius 3 is 2.42 bits per heavy atom. The summed E-state index contributed by atoms with van der Waals surface area (Å²) in [5.41, 5.74) is 1.52. The molecule has 0 atom stereocenters. The second kappa shape index (κ2) is 10.0. The number of thioether (sulfide) groups is 1. The molecule has 3 aromatic rings. The van der Waals surface area contributed by atoms with Crippen molar-refractivity contribution >= 4 is 27.5 Å². The van der Waals surface area contributed by atoms with E-state index >= 15 is 0 Å². The molecule has 0 fully saturated rings. The zero-order chi connectivity index (χ0) is 22.4. The Kier molecular flexibility index (Phi) is 7.40. The maximum Gasteiger partial charge on any atom is 0.254 e. The van der Waals surface area contributed by atoms with Gasteiger partial charge in [-0.3, -0.25) is 4.79 Å². The molecular weight excluding hydrogens is 442 g/mol. The molecule has 0 unspecified atom stereocenters. The van der Waals surface area contributed by atoms with Crippen molar-refractivity contribution in [2.75, 3.05) is 11.5 Å². The highest BCUT2D eigenvalue weighted by atomic mass is 32.2. The minimum absolute atomic E-state index is 0.0612. The van der Waals surface area contributed by atoms with Crippen LogP contribution in [0, 0.1) is 18.6 Å². The van der Waals surface area contributed by atoms with Crippen LogP contribution < -0.4 is 5.32 Å². The highest BCUT2D eigenvalue weighted by Crippen LogP contribution is 2.22. The Bertz CT molecular complexity index is 1160. The molecule has 162 valence electrons. The Hall–Kier alpha value is -2.78. The summed E-state index contributed by atoms with van der Waals surface area (Å²) >= 11 is 1.16. The van der Waals surface area contributed by atoms with Gasteiger partial charge in [0.1, 0.15) is 16.7 Å². The first-order chi connectivity index (χ1) is 14.7. The predicted octanol–water partition coefficient (Wildman–Crippen LogP) is 4.16. The van der Waals surface area contributed by atoms with Crippen LogP contribution in [0.1, 0.15) is 21.5 Å². The normalized spacial score (nSPS) is 11.3. The number of aromatic nitrogens is 1. The number of rotatable bonds is 8. The maximum atomic E-state index is 13.3. The van der Waals surface area contributed by atoms with Gasteiger partial charge < -0.3 is 5.32 Å². The third kappa shape index (κ3) is 6.35. The van der Waals surface area contributed by atoms with E-state index in [1.807, 2.05) is 6.92 Å². The number of pyridine rings is 1. The van der Waals surface area contributed by atoms with Crippen LogP contribution in [0.4, 0.5) is 8.78 Å². The Morgan fingerprint density at radius 1 is 1.06 bits per heavy atom. The molecular formula is C22H20F2N2O3S2. The quantitative estimate of drug-likeness (QED) is 0.509. The molecule has 0 saturated carbocycles. The SMILES string of the molecule is Cc1ccc(S(=O)(=O)CCSc2ncccc2C(=O)NCc2cc(F)cc(F)c2)cc1. The molecule has 31 heavy (non-hydrogen) atoms. The van der Waals surface area contributed by atoms with Gasteiger partial charge in [0.2, 0.25) is 0 Å². The minimum atomic E-state index is -3.45. The molecule has 2 aromatic carbocycles. The molecule has 1 aromatic heterocycles. The summed E-state index contributed by atoms with van der Waals surface area (Å²) in [6, 6.07) is 12.8. The van der Waals surface area contributed by atoms with Gasteiger partial charge in [-0.2, -0.15) is 0 Å². The highest BCUT2D eigenvalue weighted by Gasteiger charge is 2.17. The third-order valence-electron chi connectivity index (χ3n) is 4.36. The second-order valence-corrected chi connectivity index (χ2v) is 9.99. The van der Waals surface area contributed by atoms with Crippen molar-refractivity contribution in [3.8, 4) is 0 Å². The number of halogens is 2. The largest absolute Gasteiger partial charge is 0.348 e. The van der Waals surface area contributed by atoms with Gasteiger partial charge in [0, 0.05) is 24.6 Å².